The van der Waals surface area contributed by atoms with E-state index in [0.717, 1.165) is 0 Å². The molecule has 0 saturated carbocycles. The molecule has 0 atom stereocenters. The first-order valence-corrected chi connectivity index (χ1v) is 2.83. The summed E-state index contributed by atoms with van der Waals surface area (Å²) >= 11 is 0. The van der Waals surface area contributed by atoms with Crippen molar-refractivity contribution in [2.45, 2.75) is 0 Å². The fourth-order valence-electron chi connectivity index (χ4n) is 0. The average molecular weight is 2720 g/mol. The van der Waals surface area contributed by atoms with Gasteiger partial charge in [-0.25, -0.2) is 0 Å². The summed E-state index contributed by atoms with van der Waals surface area (Å²) in [5.41, 5.74) is 0. The van der Waals surface area contributed by atoms with Gasteiger partial charge in [0.25, 0.3) is 25.4 Å². The predicted octanol–water partition coefficient (Wildman–Crippen LogP) is -24.6. The van der Waals surface area contributed by atoms with Gasteiger partial charge in [0.2, 0.25) is 0 Å². The average Bonchev–Trinajstić information content (AvgIpc) is 1.94. The minimum absolute atomic E-state index is 0. The van der Waals surface area contributed by atoms with Crippen LogP contribution in [0.4, 0.5) is 0 Å². The molecular weight excluding hydrogens is 2710 g/mol. The summed E-state index contributed by atoms with van der Waals surface area (Å²) in [4.78, 5) is 41.8. The molecule has 0 radical (unpaired) electrons. The summed E-state index contributed by atoms with van der Waals surface area (Å²) < 4.78 is 0. The molecule has 0 aliphatic rings. The Morgan fingerprint density at radius 1 is 0.113 bits per heavy atom. The topological polar surface area (TPSA) is 317 Å². The molecule has 0 aliphatic heterocycles. The van der Waals surface area contributed by atoms with E-state index in [2.05, 4.69) is 0 Å². The fourth-order valence-corrected chi connectivity index (χ4v) is 0. The quantitative estimate of drug-likeness (QED) is 0.0855. The molecule has 0 amide bonds. The third-order valence-corrected chi connectivity index (χ3v) is 0. The van der Waals surface area contributed by atoms with Gasteiger partial charge in [-0.1, -0.05) is 0 Å². The van der Waals surface area contributed by atoms with E-state index in [1.54, 1.807) is 0 Å². The molecule has 0 fully saturated rings. The van der Waals surface area contributed by atoms with Crippen LogP contribution in [0.25, 0.3) is 0 Å². The SMILES string of the molecule is O=[N+]([O-])O.O=[N+]([O-])O.O=[N+]([O-])O.O=[N+]([O-])O.O=[N+]([O-])O.[Ca+2].[Ca+2].[Ca+2].[Ca+2].[Ca+2].[Ca+2].[Ca+2].[Ca+2].[Ca+2].[Ca+2].[Ca+2].[Ca+2].[Ca+2].[Ca+2].[Ca+2].[Ca+2].[Ca+2].[Ca+2].[Ca+2].[Ca+2].[Ca+2].[Ca+2].[Ca+2].[Ca+2].[Ca+2].[Ca+2].[Ca+2].[Ca+2].[Ca+2].[Ca+2].[Ca+2].[Ca+2].[Ca+2].[Ca+2].[Ca+2].[Ca+2].[Ca+2].[Ca+2].[Ca+2].[Ca+2].[Ca+2].[Ca+2].[Ca+2].[Ca+2].[Ca+2].[Ca+2].[Ca+2].[Ca+2].[Ca+2].[Ca+2].[Ca+2].[Ca+2].[Ca+2].[Ca+2].[Ca+2].[Ca+2].[Ca+2].[Ca+2].[Ca+2].[Ca+2]. The number of hydrogen-bond donors (Lipinski definition) is 5. The van der Waals surface area contributed by atoms with Gasteiger partial charge in [0, 0.05) is 0 Å². The van der Waals surface area contributed by atoms with Gasteiger partial charge in [-0.05, 0) is 0 Å². The zero-order chi connectivity index (χ0) is 17.9. The van der Waals surface area contributed by atoms with Crippen molar-refractivity contribution in [2.24, 2.45) is 0 Å². The molecule has 0 spiro atoms. The Balaban J connectivity index is -0.000000000470. The van der Waals surface area contributed by atoms with E-state index in [4.69, 9.17) is 76.6 Å². The van der Waals surface area contributed by atoms with Gasteiger partial charge < -0.3 is 26.0 Å². The molecule has 80 heavy (non-hydrogen) atoms. The van der Waals surface area contributed by atoms with Crippen molar-refractivity contribution in [1.29, 1.82) is 0 Å². The molecule has 5 N–H and O–H groups in total. The molecule has 0 rings (SSSR count). The second-order valence-corrected chi connectivity index (χ2v) is 1.19. The number of nitrogens with zero attached hydrogens (tertiary/aromatic N) is 5. The van der Waals surface area contributed by atoms with E-state index in [0.29, 0.717) is 0 Å². The van der Waals surface area contributed by atoms with E-state index < -0.39 is 25.4 Å². The maximum Gasteiger partial charge on any atom is 2.00 e. The summed E-state index contributed by atoms with van der Waals surface area (Å²) in [5, 5.41) is 68.2. The Kier molecular flexibility index (Phi) is 2580. The molecule has 80 heteroatoms. The van der Waals surface area contributed by atoms with E-state index in [-0.39, 0.29) is 2260 Å². The van der Waals surface area contributed by atoms with E-state index >= 15 is 0 Å². The first-order chi connectivity index (χ1) is 8.66. The summed E-state index contributed by atoms with van der Waals surface area (Å²) in [7, 11) is 0. The van der Waals surface area contributed by atoms with Crippen LogP contribution in [-0.4, -0.2) is 2320 Å². The molecule has 120 valence electrons. The Morgan fingerprint density at radius 3 is 0.113 bits per heavy atom. The zero-order valence-corrected chi connectivity index (χ0v) is 183. The molecule has 0 aliphatic carbocycles. The van der Waals surface area contributed by atoms with Crippen molar-refractivity contribution < 1.29 is 51.5 Å². The van der Waals surface area contributed by atoms with Crippen molar-refractivity contribution in [3.63, 3.8) is 0 Å². The van der Waals surface area contributed by atoms with Crippen LogP contribution in [0.15, 0.2) is 0 Å². The normalized spacial score (nSPS) is 1.50. The van der Waals surface area contributed by atoms with Crippen LogP contribution in [0.5, 0.6) is 0 Å². The zero-order valence-electron chi connectivity index (χ0n) is 51.0. The summed E-state index contributed by atoms with van der Waals surface area (Å²) in [5.74, 6) is 0. The van der Waals surface area contributed by atoms with Crippen LogP contribution in [0.2, 0.25) is 0 Å². The van der Waals surface area contributed by atoms with Crippen molar-refractivity contribution in [1.82, 2.24) is 0 Å². The van der Waals surface area contributed by atoms with Gasteiger partial charge in [0.1, 0.15) is 0 Å². The van der Waals surface area contributed by atoms with Crippen molar-refractivity contribution in [2.75, 3.05) is 0 Å². The molecule has 0 aromatic carbocycles. The monoisotopic (exact) mass is 2710 g/mol. The van der Waals surface area contributed by atoms with Gasteiger partial charge in [0.15, 0.2) is 0 Å². The van der Waals surface area contributed by atoms with Crippen LogP contribution in [0, 0.1) is 50.6 Å². The van der Waals surface area contributed by atoms with Crippen LogP contribution >= 0.6 is 0 Å². The first kappa shape index (κ1) is 458. The third-order valence-electron chi connectivity index (χ3n) is 0. The maximum absolute atomic E-state index is 8.36. The van der Waals surface area contributed by atoms with Gasteiger partial charge in [-0.3, -0.25) is 0 Å². The third kappa shape index (κ3) is 644. The minimum atomic E-state index is -1.50. The molecule has 0 saturated heterocycles. The second-order valence-electron chi connectivity index (χ2n) is 1.19. The van der Waals surface area contributed by atoms with E-state index in [1.165, 1.54) is 0 Å². The molecule has 0 unspecified atom stereocenters. The van der Waals surface area contributed by atoms with Crippen molar-refractivity contribution in [3.8, 4) is 0 Å². The number of hydrogen-bond acceptors (Lipinski definition) is 10. The van der Waals surface area contributed by atoms with Crippen LogP contribution < -0.4 is 0 Å². The first-order valence-electron chi connectivity index (χ1n) is 2.83. The largest absolute Gasteiger partial charge is 2.00 e. The molecule has 0 heterocycles. The van der Waals surface area contributed by atoms with Gasteiger partial charge >= 0.3 is 2260 Å². The summed E-state index contributed by atoms with van der Waals surface area (Å²) in [6.07, 6.45) is 0. The smallest absolute Gasteiger partial charge is 0.328 e. The Hall–Kier alpha value is 71.6. The van der Waals surface area contributed by atoms with Gasteiger partial charge in [-0.2, -0.15) is 0 Å². The predicted molar refractivity (Wildman–Crippen MR) is 389 cm³/mol. The van der Waals surface area contributed by atoms with Crippen LogP contribution in [-0.2, 0) is 0 Å². The van der Waals surface area contributed by atoms with Gasteiger partial charge in [0.05, 0.1) is 0 Å². The maximum atomic E-state index is 8.36. The molecular formula is H5Ca60N5O15+120. The summed E-state index contributed by atoms with van der Waals surface area (Å²) in [6.45, 7) is 0. The fraction of sp³-hybridized carbons (Fsp3) is 0. The van der Waals surface area contributed by atoms with Crippen molar-refractivity contribution in [3.05, 3.63) is 50.6 Å². The van der Waals surface area contributed by atoms with E-state index in [9.17, 15) is 0 Å². The molecule has 20 nitrogen and oxygen atoms in total. The minimum Gasteiger partial charge on any atom is -0.328 e. The molecule has 0 bridgehead atoms. The Labute approximate surface area is 2270 Å². The Bertz CT molecular complexity index is 266. The van der Waals surface area contributed by atoms with E-state index in [1.807, 2.05) is 0 Å². The van der Waals surface area contributed by atoms with Crippen LogP contribution in [0.3, 0.4) is 0 Å². The summed E-state index contributed by atoms with van der Waals surface area (Å²) in [6, 6.07) is 0. The standard InChI is InChI=1S/60Ca.5HNO3/c;;;;;;;;;;;;;;;;;;;;;;;;;;;;;;;;;;;;;;;;;;;;;;;;;;;;;;;;;;;;5*2-1(3)4/h;;;;;;;;;;;;;;;;;;;;;;;;;;;;;;;;;;;;;;;;;;;;;;;;;;;;;;;;;;;;5*(H,2,3,4)/q60*+2;;;;;. The number of rotatable bonds is 0. The second kappa shape index (κ2) is 449. The van der Waals surface area contributed by atoms with Crippen LogP contribution in [0.1, 0.15) is 0 Å². The van der Waals surface area contributed by atoms with Gasteiger partial charge in [-0.15, -0.1) is 50.6 Å². The molecule has 0 aromatic rings. The Morgan fingerprint density at radius 2 is 0.113 bits per heavy atom. The molecule has 0 aromatic heterocycles. The van der Waals surface area contributed by atoms with Crippen molar-refractivity contribution >= 4 is 2260 Å².